The first-order valence-corrected chi connectivity index (χ1v) is 14.5. The van der Waals surface area contributed by atoms with Crippen LogP contribution >= 0.6 is 11.6 Å². The first kappa shape index (κ1) is 26.2. The van der Waals surface area contributed by atoms with Crippen LogP contribution in [0.5, 0.6) is 5.88 Å². The van der Waals surface area contributed by atoms with Gasteiger partial charge in [0.1, 0.15) is 24.1 Å². The van der Waals surface area contributed by atoms with Gasteiger partial charge in [-0.05, 0) is 67.5 Å². The standard InChI is InChI=1S/C31H31ClFN5O3/c32-21-5-4-20(25(33)14-21)18-41-29-3-1-2-28(36-29)37-11-9-31(10-12-37)16-24(31)30-35-26-15-22(34-19-39)6-7-27(26)38(30)17-23-8-13-40-23/h1-7,14-15,19,23-24H,8-13,16-18H2,(H,34,39)/t23-,24?/m0/s1. The number of carbonyl (C=O) groups is 1. The summed E-state index contributed by atoms with van der Waals surface area (Å²) in [6, 6.07) is 16.2. The Morgan fingerprint density at radius 3 is 2.76 bits per heavy atom. The number of pyridine rings is 1. The molecule has 1 amide bonds. The van der Waals surface area contributed by atoms with E-state index in [9.17, 15) is 9.18 Å². The minimum absolute atomic E-state index is 0.0871. The van der Waals surface area contributed by atoms with E-state index in [1.54, 1.807) is 18.2 Å². The molecule has 1 N–H and O–H groups in total. The molecule has 1 saturated carbocycles. The van der Waals surface area contributed by atoms with Gasteiger partial charge in [0.25, 0.3) is 0 Å². The van der Waals surface area contributed by atoms with Crippen molar-refractivity contribution < 1.29 is 18.7 Å². The molecule has 4 aromatic rings. The quantitative estimate of drug-likeness (QED) is 0.249. The average molecular weight is 576 g/mol. The molecular weight excluding hydrogens is 545 g/mol. The van der Waals surface area contributed by atoms with Gasteiger partial charge in [0, 0.05) is 48.0 Å². The first-order valence-electron chi connectivity index (χ1n) is 14.1. The third kappa shape index (κ3) is 5.13. The molecule has 1 unspecified atom stereocenters. The number of hydrogen-bond donors (Lipinski definition) is 1. The maximum absolute atomic E-state index is 14.2. The van der Waals surface area contributed by atoms with E-state index in [4.69, 9.17) is 31.0 Å². The minimum atomic E-state index is -0.388. The molecule has 212 valence electrons. The van der Waals surface area contributed by atoms with Gasteiger partial charge in [-0.3, -0.25) is 4.79 Å². The van der Waals surface area contributed by atoms with Crippen molar-refractivity contribution in [3.05, 3.63) is 76.8 Å². The molecule has 1 spiro atoms. The van der Waals surface area contributed by atoms with Crippen molar-refractivity contribution in [2.45, 2.75) is 50.9 Å². The van der Waals surface area contributed by atoms with E-state index in [-0.39, 0.29) is 23.9 Å². The van der Waals surface area contributed by atoms with Crippen LogP contribution in [0.3, 0.4) is 0 Å². The fourth-order valence-corrected chi connectivity index (χ4v) is 6.45. The second-order valence-electron chi connectivity index (χ2n) is 11.3. The highest BCUT2D eigenvalue weighted by Gasteiger charge is 2.57. The number of fused-ring (bicyclic) bond motifs is 1. The first-order chi connectivity index (χ1) is 20.0. The van der Waals surface area contributed by atoms with Crippen LogP contribution < -0.4 is 15.0 Å². The molecule has 0 bridgehead atoms. The maximum atomic E-state index is 14.2. The van der Waals surface area contributed by atoms with Crippen molar-refractivity contribution in [3.8, 4) is 5.88 Å². The van der Waals surface area contributed by atoms with E-state index in [0.29, 0.717) is 28.8 Å². The van der Waals surface area contributed by atoms with E-state index in [1.807, 2.05) is 24.3 Å². The Bertz CT molecular complexity index is 1600. The van der Waals surface area contributed by atoms with Crippen LogP contribution in [0.25, 0.3) is 11.0 Å². The van der Waals surface area contributed by atoms with Crippen LogP contribution in [0.15, 0.2) is 54.6 Å². The number of nitrogens with one attached hydrogen (secondary N) is 1. The molecule has 2 atom stereocenters. The summed E-state index contributed by atoms with van der Waals surface area (Å²) in [7, 11) is 0. The number of piperidine rings is 1. The summed E-state index contributed by atoms with van der Waals surface area (Å²) in [5, 5.41) is 3.10. The van der Waals surface area contributed by atoms with Gasteiger partial charge in [-0.1, -0.05) is 23.7 Å². The lowest BCUT2D eigenvalue weighted by Crippen LogP contribution is -2.36. The SMILES string of the molecule is O=CNc1ccc2c(c1)nc(C1CC13CCN(c1cccc(OCc4ccc(Cl)cc4F)n1)CC3)n2C[C@@H]1CCO1. The second-order valence-corrected chi connectivity index (χ2v) is 11.7. The van der Waals surface area contributed by atoms with E-state index in [2.05, 4.69) is 20.9 Å². The van der Waals surface area contributed by atoms with Crippen LogP contribution in [0.1, 0.15) is 43.0 Å². The van der Waals surface area contributed by atoms with Crippen LogP contribution in [0, 0.1) is 11.2 Å². The Morgan fingerprint density at radius 1 is 1.15 bits per heavy atom. The average Bonchev–Trinajstić information content (AvgIpc) is 3.52. The third-order valence-electron chi connectivity index (χ3n) is 8.87. The van der Waals surface area contributed by atoms with Crippen molar-refractivity contribution in [2.75, 3.05) is 29.9 Å². The summed E-state index contributed by atoms with van der Waals surface area (Å²) in [4.78, 5) is 23.1. The van der Waals surface area contributed by atoms with Crippen molar-refractivity contribution in [1.29, 1.82) is 0 Å². The lowest BCUT2D eigenvalue weighted by Gasteiger charge is -2.34. The molecule has 8 nitrogen and oxygen atoms in total. The van der Waals surface area contributed by atoms with Gasteiger partial charge in [-0.25, -0.2) is 9.37 Å². The molecule has 2 aromatic heterocycles. The number of ether oxygens (including phenoxy) is 2. The second kappa shape index (κ2) is 10.6. The molecule has 2 aliphatic heterocycles. The summed E-state index contributed by atoms with van der Waals surface area (Å²) in [6.45, 7) is 3.52. The number of nitrogens with zero attached hydrogens (tertiary/aromatic N) is 4. The van der Waals surface area contributed by atoms with E-state index in [0.717, 1.165) is 80.3 Å². The highest BCUT2D eigenvalue weighted by molar-refractivity contribution is 6.30. The zero-order chi connectivity index (χ0) is 28.0. The Kier molecular flexibility index (Phi) is 6.79. The summed E-state index contributed by atoms with van der Waals surface area (Å²) >= 11 is 5.86. The van der Waals surface area contributed by atoms with Gasteiger partial charge in [0.15, 0.2) is 0 Å². The van der Waals surface area contributed by atoms with Gasteiger partial charge >= 0.3 is 0 Å². The largest absolute Gasteiger partial charge is 0.473 e. The summed E-state index contributed by atoms with van der Waals surface area (Å²) in [6.07, 6.45) is 5.23. The molecule has 1 aliphatic carbocycles. The van der Waals surface area contributed by atoms with E-state index in [1.165, 1.54) is 6.07 Å². The van der Waals surface area contributed by atoms with Gasteiger partial charge in [0.2, 0.25) is 12.3 Å². The third-order valence-corrected chi connectivity index (χ3v) is 9.10. The van der Waals surface area contributed by atoms with Gasteiger partial charge in [0.05, 0.1) is 23.7 Å². The summed E-state index contributed by atoms with van der Waals surface area (Å²) < 4.78 is 28.1. The van der Waals surface area contributed by atoms with Gasteiger partial charge in [-0.15, -0.1) is 0 Å². The molecule has 0 radical (unpaired) electrons. The fraction of sp³-hybridized carbons (Fsp3) is 0.387. The summed E-state index contributed by atoms with van der Waals surface area (Å²) in [5.41, 5.74) is 3.42. The number of benzene rings is 2. The number of aromatic nitrogens is 3. The van der Waals surface area contributed by atoms with Crippen molar-refractivity contribution in [3.63, 3.8) is 0 Å². The van der Waals surface area contributed by atoms with E-state index < -0.39 is 0 Å². The van der Waals surface area contributed by atoms with Crippen molar-refractivity contribution >= 4 is 40.5 Å². The minimum Gasteiger partial charge on any atom is -0.473 e. The number of hydrogen-bond acceptors (Lipinski definition) is 6. The molecular formula is C31H31ClFN5O3. The lowest BCUT2D eigenvalue weighted by molar-refractivity contribution is -0.105. The Morgan fingerprint density at radius 2 is 2.00 bits per heavy atom. The van der Waals surface area contributed by atoms with Gasteiger partial charge in [-0.2, -0.15) is 4.98 Å². The highest BCUT2D eigenvalue weighted by atomic mass is 35.5. The monoisotopic (exact) mass is 575 g/mol. The zero-order valence-corrected chi connectivity index (χ0v) is 23.3. The number of imidazole rings is 1. The molecule has 3 fully saturated rings. The Hall–Kier alpha value is -3.69. The van der Waals surface area contributed by atoms with Crippen LogP contribution in [-0.4, -0.2) is 46.7 Å². The molecule has 41 heavy (non-hydrogen) atoms. The van der Waals surface area contributed by atoms with E-state index >= 15 is 0 Å². The topological polar surface area (TPSA) is 81.5 Å². The van der Waals surface area contributed by atoms with Crippen molar-refractivity contribution in [1.82, 2.24) is 14.5 Å². The zero-order valence-electron chi connectivity index (χ0n) is 22.6. The number of carbonyl (C=O) groups excluding carboxylic acids is 1. The normalized spacial score (nSPS) is 21.1. The Labute approximate surface area is 242 Å². The molecule has 2 saturated heterocycles. The predicted octanol–water partition coefficient (Wildman–Crippen LogP) is 5.93. The summed E-state index contributed by atoms with van der Waals surface area (Å²) in [5.74, 6) is 2.49. The van der Waals surface area contributed by atoms with Crippen LogP contribution in [0.4, 0.5) is 15.9 Å². The molecule has 4 heterocycles. The molecule has 7 rings (SSSR count). The highest BCUT2D eigenvalue weighted by Crippen LogP contribution is 2.65. The maximum Gasteiger partial charge on any atom is 0.215 e. The smallest absolute Gasteiger partial charge is 0.215 e. The van der Waals surface area contributed by atoms with Crippen LogP contribution in [-0.2, 0) is 22.7 Å². The van der Waals surface area contributed by atoms with Crippen LogP contribution in [0.2, 0.25) is 5.02 Å². The number of amides is 1. The molecule has 3 aliphatic rings. The molecule has 10 heteroatoms. The number of anilines is 2. The lowest BCUT2D eigenvalue weighted by atomic mass is 9.90. The predicted molar refractivity (Wildman–Crippen MR) is 155 cm³/mol. The molecule has 2 aromatic carbocycles. The Balaban J connectivity index is 1.04. The van der Waals surface area contributed by atoms with Crippen molar-refractivity contribution in [2.24, 2.45) is 5.41 Å². The number of rotatable bonds is 9. The number of halogens is 2. The van der Waals surface area contributed by atoms with Gasteiger partial charge < -0.3 is 24.3 Å². The fourth-order valence-electron chi connectivity index (χ4n) is 6.29.